The lowest BCUT2D eigenvalue weighted by Crippen LogP contribution is -2.58. The first kappa shape index (κ1) is 12.3. The van der Waals surface area contributed by atoms with Gasteiger partial charge in [0.05, 0.1) is 0 Å². The van der Waals surface area contributed by atoms with Gasteiger partial charge in [0, 0.05) is 31.7 Å². The van der Waals surface area contributed by atoms with Gasteiger partial charge in [0.15, 0.2) is 0 Å². The van der Waals surface area contributed by atoms with Crippen molar-refractivity contribution in [1.29, 1.82) is 0 Å². The summed E-state index contributed by atoms with van der Waals surface area (Å²) in [5, 5.41) is 0. The van der Waals surface area contributed by atoms with Crippen LogP contribution in [-0.2, 0) is 10.2 Å². The molecule has 94 valence electrons. The summed E-state index contributed by atoms with van der Waals surface area (Å²) < 4.78 is 28.2. The molecule has 0 aromatic heterocycles. The van der Waals surface area contributed by atoms with Crippen molar-refractivity contribution in [2.24, 2.45) is 0 Å². The Labute approximate surface area is 98.0 Å². The highest BCUT2D eigenvalue weighted by atomic mass is 32.2. The average Bonchev–Trinajstić information content (AvgIpc) is 2.63. The molecular weight excluding hydrogens is 226 g/mol. The van der Waals surface area contributed by atoms with Gasteiger partial charge in [0.25, 0.3) is 10.2 Å². The van der Waals surface area contributed by atoms with Crippen LogP contribution in [0.5, 0.6) is 0 Å². The molecule has 2 atom stereocenters. The smallest absolute Gasteiger partial charge is 0.279 e. The molecule has 2 fully saturated rings. The molecule has 0 saturated carbocycles. The molecule has 0 unspecified atom stereocenters. The van der Waals surface area contributed by atoms with E-state index in [1.54, 1.807) is 4.31 Å². The molecule has 0 amide bonds. The third kappa shape index (κ3) is 2.25. The molecule has 6 heteroatoms. The Bertz CT molecular complexity index is 344. The number of nitrogens with zero attached hydrogens (tertiary/aromatic N) is 2. The zero-order valence-corrected chi connectivity index (χ0v) is 10.8. The Morgan fingerprint density at radius 1 is 1.38 bits per heavy atom. The Morgan fingerprint density at radius 3 is 2.81 bits per heavy atom. The third-order valence-corrected chi connectivity index (χ3v) is 5.30. The zero-order valence-electron chi connectivity index (χ0n) is 10.0. The normalized spacial score (nSPS) is 32.9. The van der Waals surface area contributed by atoms with Crippen molar-refractivity contribution in [3.63, 3.8) is 0 Å². The van der Waals surface area contributed by atoms with Crippen molar-refractivity contribution in [3.05, 3.63) is 0 Å². The first-order valence-electron chi connectivity index (χ1n) is 6.05. The van der Waals surface area contributed by atoms with E-state index in [0.717, 1.165) is 19.5 Å². The second-order valence-corrected chi connectivity index (χ2v) is 6.42. The van der Waals surface area contributed by atoms with Gasteiger partial charge in [-0.2, -0.15) is 12.7 Å². The molecule has 2 heterocycles. The van der Waals surface area contributed by atoms with Crippen LogP contribution in [0.2, 0.25) is 0 Å². The highest BCUT2D eigenvalue weighted by Gasteiger charge is 2.39. The lowest BCUT2D eigenvalue weighted by Gasteiger charge is -2.41. The zero-order chi connectivity index (χ0) is 11.8. The maximum absolute atomic E-state index is 12.0. The van der Waals surface area contributed by atoms with Gasteiger partial charge in [-0.25, -0.2) is 4.72 Å². The maximum Gasteiger partial charge on any atom is 0.279 e. The van der Waals surface area contributed by atoms with E-state index in [4.69, 9.17) is 0 Å². The largest absolute Gasteiger partial charge is 0.297 e. The lowest BCUT2D eigenvalue weighted by atomic mass is 10.1. The standard InChI is InChI=1S/C10H21N3O2S/c1-3-11-16(14,15)13-8-10-5-4-6-12(10)7-9(13)2/h9-11H,3-8H2,1-2H3/t9-,10+/m1/s1. The van der Waals surface area contributed by atoms with Crippen LogP contribution in [0.1, 0.15) is 26.7 Å². The molecule has 5 nitrogen and oxygen atoms in total. The summed E-state index contributed by atoms with van der Waals surface area (Å²) in [6.07, 6.45) is 2.33. The Hall–Kier alpha value is -0.170. The molecule has 0 aromatic carbocycles. The van der Waals surface area contributed by atoms with E-state index in [2.05, 4.69) is 9.62 Å². The van der Waals surface area contributed by atoms with Crippen molar-refractivity contribution >= 4 is 10.2 Å². The van der Waals surface area contributed by atoms with Crippen molar-refractivity contribution in [1.82, 2.24) is 13.9 Å². The second kappa shape index (κ2) is 4.60. The minimum absolute atomic E-state index is 0.0819. The van der Waals surface area contributed by atoms with Gasteiger partial charge in [0.1, 0.15) is 0 Å². The van der Waals surface area contributed by atoms with E-state index in [9.17, 15) is 8.42 Å². The summed E-state index contributed by atoms with van der Waals surface area (Å²) in [6, 6.07) is 0.517. The minimum Gasteiger partial charge on any atom is -0.297 e. The van der Waals surface area contributed by atoms with Crippen LogP contribution in [0, 0.1) is 0 Å². The molecule has 0 spiro atoms. The van der Waals surface area contributed by atoms with E-state index in [-0.39, 0.29) is 6.04 Å². The number of hydrogen-bond acceptors (Lipinski definition) is 3. The summed E-state index contributed by atoms with van der Waals surface area (Å²) in [5.74, 6) is 0. The summed E-state index contributed by atoms with van der Waals surface area (Å²) in [7, 11) is -3.26. The minimum atomic E-state index is -3.26. The molecule has 16 heavy (non-hydrogen) atoms. The van der Waals surface area contributed by atoms with Gasteiger partial charge in [-0.1, -0.05) is 6.92 Å². The first-order chi connectivity index (χ1) is 7.54. The number of hydrogen-bond donors (Lipinski definition) is 1. The van der Waals surface area contributed by atoms with Crippen molar-refractivity contribution in [2.75, 3.05) is 26.2 Å². The summed E-state index contributed by atoms with van der Waals surface area (Å²) in [4.78, 5) is 2.42. The molecule has 2 aliphatic rings. The predicted octanol–water partition coefficient (Wildman–Crippen LogP) is 0.00920. The fraction of sp³-hybridized carbons (Fsp3) is 1.00. The lowest BCUT2D eigenvalue weighted by molar-refractivity contribution is 0.116. The van der Waals surface area contributed by atoms with E-state index in [1.165, 1.54) is 6.42 Å². The van der Waals surface area contributed by atoms with Gasteiger partial charge < -0.3 is 0 Å². The van der Waals surface area contributed by atoms with E-state index < -0.39 is 10.2 Å². The fourth-order valence-electron chi connectivity index (χ4n) is 2.76. The third-order valence-electron chi connectivity index (χ3n) is 3.52. The van der Waals surface area contributed by atoms with Gasteiger partial charge in [-0.05, 0) is 26.3 Å². The van der Waals surface area contributed by atoms with Crippen LogP contribution in [0.4, 0.5) is 0 Å². The molecule has 2 aliphatic heterocycles. The van der Waals surface area contributed by atoms with Gasteiger partial charge in [-0.15, -0.1) is 0 Å². The van der Waals surface area contributed by atoms with Gasteiger partial charge in [0.2, 0.25) is 0 Å². The molecule has 0 radical (unpaired) electrons. The predicted molar refractivity (Wildman–Crippen MR) is 63.4 cm³/mol. The number of piperazine rings is 1. The molecule has 2 rings (SSSR count). The summed E-state index contributed by atoms with van der Waals surface area (Å²) in [6.45, 7) is 6.91. The number of nitrogens with one attached hydrogen (secondary N) is 1. The van der Waals surface area contributed by atoms with Crippen LogP contribution < -0.4 is 4.72 Å². The van der Waals surface area contributed by atoms with Crippen LogP contribution in [0.25, 0.3) is 0 Å². The van der Waals surface area contributed by atoms with Crippen LogP contribution in [-0.4, -0.2) is 55.9 Å². The van der Waals surface area contributed by atoms with Crippen LogP contribution in [0.15, 0.2) is 0 Å². The molecule has 1 N–H and O–H groups in total. The SMILES string of the molecule is CCNS(=O)(=O)N1C[C@@H]2CCCN2C[C@H]1C. The molecular formula is C10H21N3O2S. The summed E-state index contributed by atoms with van der Waals surface area (Å²) >= 11 is 0. The highest BCUT2D eigenvalue weighted by molar-refractivity contribution is 7.87. The average molecular weight is 247 g/mol. The monoisotopic (exact) mass is 247 g/mol. The van der Waals surface area contributed by atoms with Crippen LogP contribution >= 0.6 is 0 Å². The van der Waals surface area contributed by atoms with Crippen molar-refractivity contribution in [2.45, 2.75) is 38.8 Å². The topological polar surface area (TPSA) is 52.7 Å². The van der Waals surface area contributed by atoms with E-state index in [0.29, 0.717) is 19.1 Å². The van der Waals surface area contributed by atoms with Crippen molar-refractivity contribution in [3.8, 4) is 0 Å². The number of rotatable bonds is 3. The Balaban J connectivity index is 2.10. The van der Waals surface area contributed by atoms with E-state index >= 15 is 0 Å². The highest BCUT2D eigenvalue weighted by Crippen LogP contribution is 2.25. The number of fused-ring (bicyclic) bond motifs is 1. The molecule has 2 saturated heterocycles. The molecule has 0 bridgehead atoms. The van der Waals surface area contributed by atoms with Gasteiger partial charge >= 0.3 is 0 Å². The fourth-order valence-corrected chi connectivity index (χ4v) is 4.20. The molecule has 0 aliphatic carbocycles. The summed E-state index contributed by atoms with van der Waals surface area (Å²) in [5.41, 5.74) is 0. The van der Waals surface area contributed by atoms with Crippen molar-refractivity contribution < 1.29 is 8.42 Å². The van der Waals surface area contributed by atoms with Gasteiger partial charge in [-0.3, -0.25) is 4.90 Å². The quantitative estimate of drug-likeness (QED) is 0.764. The Morgan fingerprint density at radius 2 is 2.12 bits per heavy atom. The maximum atomic E-state index is 12.0. The Kier molecular flexibility index (Phi) is 3.53. The second-order valence-electron chi connectivity index (χ2n) is 4.71. The first-order valence-corrected chi connectivity index (χ1v) is 7.49. The molecule has 0 aromatic rings. The van der Waals surface area contributed by atoms with E-state index in [1.807, 2.05) is 13.8 Å². The van der Waals surface area contributed by atoms with Crippen LogP contribution in [0.3, 0.4) is 0 Å².